The number of rotatable bonds is 3. The van der Waals surface area contributed by atoms with Crippen molar-refractivity contribution in [2.45, 2.75) is 26.4 Å². The number of hydrogen-bond donors (Lipinski definition) is 1. The summed E-state index contributed by atoms with van der Waals surface area (Å²) >= 11 is 1.74. The van der Waals surface area contributed by atoms with Crippen LogP contribution in [0, 0.1) is 6.92 Å². The molecule has 4 heterocycles. The van der Waals surface area contributed by atoms with Gasteiger partial charge in [-0.1, -0.05) is 6.07 Å². The summed E-state index contributed by atoms with van der Waals surface area (Å²) in [7, 11) is 0. The normalized spacial score (nSPS) is 15.0. The average Bonchev–Trinajstić information content (AvgIpc) is 3.18. The van der Waals surface area contributed by atoms with E-state index in [0.29, 0.717) is 0 Å². The Morgan fingerprint density at radius 1 is 1.36 bits per heavy atom. The van der Waals surface area contributed by atoms with Gasteiger partial charge >= 0.3 is 0 Å². The Morgan fingerprint density at radius 2 is 2.32 bits per heavy atom. The minimum Gasteiger partial charge on any atom is -0.294 e. The summed E-state index contributed by atoms with van der Waals surface area (Å²) in [5, 5.41) is 9.46. The first-order valence-electron chi connectivity index (χ1n) is 7.39. The summed E-state index contributed by atoms with van der Waals surface area (Å²) in [6.07, 6.45) is 4.90. The number of hydrogen-bond acceptors (Lipinski definition) is 5. The van der Waals surface area contributed by atoms with Gasteiger partial charge in [0, 0.05) is 49.1 Å². The lowest BCUT2D eigenvalue weighted by Crippen LogP contribution is -2.31. The SMILES string of the molecule is Cc1ncc2c(n1)CCN(Cc1cn[nH]c1-c1cccs1)C2. The van der Waals surface area contributed by atoms with Crippen molar-refractivity contribution in [3.8, 4) is 10.6 Å². The molecule has 0 spiro atoms. The van der Waals surface area contributed by atoms with Crippen LogP contribution in [0.25, 0.3) is 10.6 Å². The van der Waals surface area contributed by atoms with Crippen LogP contribution < -0.4 is 0 Å². The van der Waals surface area contributed by atoms with Gasteiger partial charge in [0.1, 0.15) is 5.82 Å². The fraction of sp³-hybridized carbons (Fsp3) is 0.312. The number of fused-ring (bicyclic) bond motifs is 1. The smallest absolute Gasteiger partial charge is 0.125 e. The number of aryl methyl sites for hydroxylation is 1. The third-order valence-electron chi connectivity index (χ3n) is 4.01. The lowest BCUT2D eigenvalue weighted by Gasteiger charge is -2.27. The standard InChI is InChI=1S/C16H17N5S/c1-11-17-7-12-9-21(5-4-14(12)19-11)10-13-8-18-20-16(13)15-3-2-6-22-15/h2-3,6-8H,4-5,9-10H2,1H3,(H,18,20). The van der Waals surface area contributed by atoms with Gasteiger partial charge in [0.15, 0.2) is 0 Å². The monoisotopic (exact) mass is 311 g/mol. The molecule has 3 aromatic rings. The van der Waals surface area contributed by atoms with Crippen molar-refractivity contribution < 1.29 is 0 Å². The quantitative estimate of drug-likeness (QED) is 0.808. The first kappa shape index (κ1) is 13.6. The van der Waals surface area contributed by atoms with Crippen molar-refractivity contribution >= 4 is 11.3 Å². The van der Waals surface area contributed by atoms with Gasteiger partial charge in [-0.3, -0.25) is 10.00 Å². The molecule has 3 aromatic heterocycles. The van der Waals surface area contributed by atoms with Gasteiger partial charge in [-0.05, 0) is 18.4 Å². The van der Waals surface area contributed by atoms with Crippen LogP contribution in [0.3, 0.4) is 0 Å². The van der Waals surface area contributed by atoms with Gasteiger partial charge in [0.05, 0.1) is 16.8 Å². The minimum atomic E-state index is 0.863. The highest BCUT2D eigenvalue weighted by Crippen LogP contribution is 2.27. The Hall–Kier alpha value is -2.05. The van der Waals surface area contributed by atoms with Crippen LogP contribution in [0.5, 0.6) is 0 Å². The maximum atomic E-state index is 4.55. The number of thiophene rings is 1. The Morgan fingerprint density at radius 3 is 3.18 bits per heavy atom. The summed E-state index contributed by atoms with van der Waals surface area (Å²) in [4.78, 5) is 12.5. The van der Waals surface area contributed by atoms with Gasteiger partial charge in [-0.15, -0.1) is 11.3 Å². The highest BCUT2D eigenvalue weighted by molar-refractivity contribution is 7.13. The Bertz CT molecular complexity index is 778. The molecule has 0 saturated heterocycles. The molecule has 0 unspecified atom stereocenters. The van der Waals surface area contributed by atoms with Crippen molar-refractivity contribution in [1.29, 1.82) is 0 Å². The topological polar surface area (TPSA) is 57.7 Å². The second-order valence-electron chi connectivity index (χ2n) is 5.60. The van der Waals surface area contributed by atoms with E-state index in [0.717, 1.165) is 37.6 Å². The second-order valence-corrected chi connectivity index (χ2v) is 6.55. The lowest BCUT2D eigenvalue weighted by atomic mass is 10.1. The summed E-state index contributed by atoms with van der Waals surface area (Å²) in [5.74, 6) is 0.863. The maximum Gasteiger partial charge on any atom is 0.125 e. The van der Waals surface area contributed by atoms with E-state index in [4.69, 9.17) is 0 Å². The highest BCUT2D eigenvalue weighted by atomic mass is 32.1. The van der Waals surface area contributed by atoms with E-state index < -0.39 is 0 Å². The van der Waals surface area contributed by atoms with Crippen LogP contribution in [0.4, 0.5) is 0 Å². The molecule has 22 heavy (non-hydrogen) atoms. The fourth-order valence-electron chi connectivity index (χ4n) is 2.92. The molecule has 1 aliphatic rings. The van der Waals surface area contributed by atoms with Gasteiger partial charge in [0.25, 0.3) is 0 Å². The highest BCUT2D eigenvalue weighted by Gasteiger charge is 2.20. The number of H-pyrrole nitrogens is 1. The lowest BCUT2D eigenvalue weighted by molar-refractivity contribution is 0.243. The van der Waals surface area contributed by atoms with Gasteiger partial charge < -0.3 is 0 Å². The van der Waals surface area contributed by atoms with Crippen LogP contribution in [-0.2, 0) is 19.5 Å². The molecule has 0 bridgehead atoms. The number of nitrogens with zero attached hydrogens (tertiary/aromatic N) is 4. The van der Waals surface area contributed by atoms with Crippen LogP contribution in [0.2, 0.25) is 0 Å². The molecule has 0 aliphatic carbocycles. The second kappa shape index (κ2) is 5.62. The first-order valence-corrected chi connectivity index (χ1v) is 8.27. The predicted octanol–water partition coefficient (Wildman–Crippen LogP) is 2.79. The number of aromatic amines is 1. The van der Waals surface area contributed by atoms with E-state index in [2.05, 4.69) is 42.6 Å². The van der Waals surface area contributed by atoms with Crippen molar-refractivity contribution in [1.82, 2.24) is 25.1 Å². The Kier molecular flexibility index (Phi) is 3.48. The molecular formula is C16H17N5S. The summed E-state index contributed by atoms with van der Waals surface area (Å²) in [6, 6.07) is 4.20. The molecule has 0 aromatic carbocycles. The van der Waals surface area contributed by atoms with E-state index >= 15 is 0 Å². The molecule has 4 rings (SSSR count). The summed E-state index contributed by atoms with van der Waals surface area (Å²) < 4.78 is 0. The van der Waals surface area contributed by atoms with Gasteiger partial charge in [-0.2, -0.15) is 5.10 Å². The van der Waals surface area contributed by atoms with Crippen LogP contribution in [-0.4, -0.2) is 31.6 Å². The zero-order chi connectivity index (χ0) is 14.9. The van der Waals surface area contributed by atoms with Crippen molar-refractivity contribution in [2.24, 2.45) is 0 Å². The molecule has 112 valence electrons. The van der Waals surface area contributed by atoms with E-state index in [-0.39, 0.29) is 0 Å². The molecule has 0 atom stereocenters. The van der Waals surface area contributed by atoms with Gasteiger partial charge in [-0.25, -0.2) is 9.97 Å². The van der Waals surface area contributed by atoms with Crippen LogP contribution >= 0.6 is 11.3 Å². The fourth-order valence-corrected chi connectivity index (χ4v) is 3.67. The molecule has 1 aliphatic heterocycles. The molecule has 0 amide bonds. The van der Waals surface area contributed by atoms with Crippen molar-refractivity contribution in [3.63, 3.8) is 0 Å². The summed E-state index contributed by atoms with van der Waals surface area (Å²) in [6.45, 7) is 4.78. The van der Waals surface area contributed by atoms with Crippen molar-refractivity contribution in [3.05, 3.63) is 52.6 Å². The third kappa shape index (κ3) is 2.55. The molecule has 0 radical (unpaired) electrons. The van der Waals surface area contributed by atoms with E-state index in [1.54, 1.807) is 11.3 Å². The first-order chi connectivity index (χ1) is 10.8. The number of aromatic nitrogens is 4. The predicted molar refractivity (Wildman–Crippen MR) is 86.5 cm³/mol. The van der Waals surface area contributed by atoms with Crippen molar-refractivity contribution in [2.75, 3.05) is 6.54 Å². The largest absolute Gasteiger partial charge is 0.294 e. The minimum absolute atomic E-state index is 0.863. The van der Waals surface area contributed by atoms with E-state index in [1.165, 1.54) is 21.7 Å². The molecule has 0 fully saturated rings. The third-order valence-corrected chi connectivity index (χ3v) is 4.90. The van der Waals surface area contributed by atoms with Gasteiger partial charge in [0.2, 0.25) is 0 Å². The molecule has 6 heteroatoms. The number of nitrogens with one attached hydrogen (secondary N) is 1. The zero-order valence-electron chi connectivity index (χ0n) is 12.4. The molecule has 0 saturated carbocycles. The van der Waals surface area contributed by atoms with Crippen LogP contribution in [0.15, 0.2) is 29.9 Å². The van der Waals surface area contributed by atoms with Crippen LogP contribution in [0.1, 0.15) is 22.6 Å². The average molecular weight is 311 g/mol. The van der Waals surface area contributed by atoms with E-state index in [1.807, 2.05) is 19.3 Å². The Balaban J connectivity index is 1.54. The summed E-state index contributed by atoms with van der Waals surface area (Å²) in [5.41, 5.74) is 4.84. The maximum absolute atomic E-state index is 4.55. The molecule has 5 nitrogen and oxygen atoms in total. The molecule has 1 N–H and O–H groups in total. The molecular weight excluding hydrogens is 294 g/mol. The van der Waals surface area contributed by atoms with E-state index in [9.17, 15) is 0 Å². The Labute approximate surface area is 133 Å². The zero-order valence-corrected chi connectivity index (χ0v) is 13.2.